The first-order chi connectivity index (χ1) is 14.2. The van der Waals surface area contributed by atoms with Gasteiger partial charge in [0.25, 0.3) is 5.91 Å². The number of rotatable bonds is 6. The van der Waals surface area contributed by atoms with Crippen LogP contribution in [-0.4, -0.2) is 46.5 Å². The number of ketones is 1. The summed E-state index contributed by atoms with van der Waals surface area (Å²) >= 11 is 0. The SMILES string of the molecule is CC(=O)c1ccc(NC(=O)C(C)OC(=O)[C@H](C)N2C(=O)C3CCCCC3C2=O)cc1. The second-order valence-corrected chi connectivity index (χ2v) is 7.92. The van der Waals surface area contributed by atoms with Gasteiger partial charge in [-0.1, -0.05) is 12.8 Å². The summed E-state index contributed by atoms with van der Waals surface area (Å²) in [7, 11) is 0. The van der Waals surface area contributed by atoms with Crippen LogP contribution in [0.25, 0.3) is 0 Å². The molecule has 1 saturated carbocycles. The summed E-state index contributed by atoms with van der Waals surface area (Å²) in [6, 6.07) is 5.24. The second-order valence-electron chi connectivity index (χ2n) is 7.92. The highest BCUT2D eigenvalue weighted by Gasteiger charge is 2.51. The molecule has 0 aromatic heterocycles. The number of hydrogen-bond acceptors (Lipinski definition) is 6. The fraction of sp³-hybridized carbons (Fsp3) is 0.500. The molecule has 2 aliphatic rings. The van der Waals surface area contributed by atoms with Crippen molar-refractivity contribution in [3.05, 3.63) is 29.8 Å². The summed E-state index contributed by atoms with van der Waals surface area (Å²) in [6.07, 6.45) is 2.00. The van der Waals surface area contributed by atoms with Gasteiger partial charge in [-0.3, -0.25) is 24.1 Å². The van der Waals surface area contributed by atoms with Crippen molar-refractivity contribution in [2.45, 2.75) is 58.6 Å². The van der Waals surface area contributed by atoms with Crippen molar-refractivity contribution >= 4 is 35.2 Å². The topological polar surface area (TPSA) is 110 Å². The van der Waals surface area contributed by atoms with E-state index in [1.54, 1.807) is 24.3 Å². The number of imide groups is 1. The number of esters is 1. The zero-order chi connectivity index (χ0) is 22.0. The largest absolute Gasteiger partial charge is 0.451 e. The molecule has 1 aromatic carbocycles. The number of fused-ring (bicyclic) bond motifs is 1. The molecule has 160 valence electrons. The van der Waals surface area contributed by atoms with Crippen LogP contribution in [0.3, 0.4) is 0 Å². The maximum absolute atomic E-state index is 12.6. The van der Waals surface area contributed by atoms with Gasteiger partial charge in [0.1, 0.15) is 6.04 Å². The van der Waals surface area contributed by atoms with Crippen molar-refractivity contribution in [2.24, 2.45) is 11.8 Å². The van der Waals surface area contributed by atoms with Crippen molar-refractivity contribution in [1.82, 2.24) is 4.90 Å². The van der Waals surface area contributed by atoms with E-state index in [9.17, 15) is 24.0 Å². The van der Waals surface area contributed by atoms with E-state index < -0.39 is 24.0 Å². The van der Waals surface area contributed by atoms with E-state index in [1.165, 1.54) is 20.8 Å². The van der Waals surface area contributed by atoms with Crippen LogP contribution in [0.4, 0.5) is 5.69 Å². The molecule has 3 amide bonds. The van der Waals surface area contributed by atoms with Crippen LogP contribution in [0.15, 0.2) is 24.3 Å². The van der Waals surface area contributed by atoms with E-state index in [0.717, 1.165) is 17.7 Å². The Morgan fingerprint density at radius 1 is 1.00 bits per heavy atom. The first kappa shape index (κ1) is 21.7. The number of carbonyl (C=O) groups excluding carboxylic acids is 5. The fourth-order valence-electron chi connectivity index (χ4n) is 4.03. The summed E-state index contributed by atoms with van der Waals surface area (Å²) in [4.78, 5) is 62.4. The van der Waals surface area contributed by atoms with Gasteiger partial charge in [0, 0.05) is 11.3 Å². The minimum Gasteiger partial charge on any atom is -0.451 e. The molecule has 4 atom stereocenters. The van der Waals surface area contributed by atoms with Crippen LogP contribution in [-0.2, 0) is 23.9 Å². The molecule has 1 N–H and O–H groups in total. The number of nitrogens with one attached hydrogen (secondary N) is 1. The standard InChI is InChI=1S/C22H26N2O6/c1-12(24-20(27)17-6-4-5-7-18(17)21(24)28)22(29)30-14(3)19(26)23-16-10-8-15(9-11-16)13(2)25/h8-12,14,17-18H,4-7H2,1-3H3,(H,23,26)/t12-,14?,17?,18?/m0/s1. The third-order valence-corrected chi connectivity index (χ3v) is 5.82. The number of ether oxygens (including phenoxy) is 1. The Bertz CT molecular complexity index is 854. The van der Waals surface area contributed by atoms with Gasteiger partial charge < -0.3 is 10.1 Å². The van der Waals surface area contributed by atoms with E-state index >= 15 is 0 Å². The predicted octanol–water partition coefficient (Wildman–Crippen LogP) is 2.32. The van der Waals surface area contributed by atoms with Crippen LogP contribution in [0, 0.1) is 11.8 Å². The van der Waals surface area contributed by atoms with Gasteiger partial charge in [-0.05, 0) is 57.9 Å². The van der Waals surface area contributed by atoms with Crippen molar-refractivity contribution in [3.8, 4) is 0 Å². The summed E-state index contributed by atoms with van der Waals surface area (Å²) < 4.78 is 5.22. The number of benzene rings is 1. The Morgan fingerprint density at radius 2 is 1.53 bits per heavy atom. The molecule has 0 spiro atoms. The maximum Gasteiger partial charge on any atom is 0.329 e. The first-order valence-electron chi connectivity index (χ1n) is 10.2. The summed E-state index contributed by atoms with van der Waals surface area (Å²) in [5.74, 6) is -2.78. The van der Waals surface area contributed by atoms with Crippen molar-refractivity contribution in [3.63, 3.8) is 0 Å². The number of likely N-dealkylation sites (tertiary alicyclic amines) is 1. The molecule has 3 rings (SSSR count). The molecule has 1 aliphatic heterocycles. The summed E-state index contributed by atoms with van der Waals surface area (Å²) in [5.41, 5.74) is 0.969. The Morgan fingerprint density at radius 3 is 2.03 bits per heavy atom. The average molecular weight is 414 g/mol. The van der Waals surface area contributed by atoms with Gasteiger partial charge in [-0.2, -0.15) is 0 Å². The first-order valence-corrected chi connectivity index (χ1v) is 10.2. The minimum atomic E-state index is -1.12. The van der Waals surface area contributed by atoms with Gasteiger partial charge in [-0.25, -0.2) is 4.79 Å². The maximum atomic E-state index is 12.6. The van der Waals surface area contributed by atoms with Crippen LogP contribution < -0.4 is 5.32 Å². The van der Waals surface area contributed by atoms with E-state index in [4.69, 9.17) is 4.74 Å². The smallest absolute Gasteiger partial charge is 0.329 e. The van der Waals surface area contributed by atoms with E-state index in [-0.39, 0.29) is 29.4 Å². The highest BCUT2D eigenvalue weighted by atomic mass is 16.5. The number of nitrogens with zero attached hydrogens (tertiary/aromatic N) is 1. The molecular formula is C22H26N2O6. The van der Waals surface area contributed by atoms with Crippen LogP contribution in [0.1, 0.15) is 56.8 Å². The van der Waals surface area contributed by atoms with Crippen LogP contribution in [0.2, 0.25) is 0 Å². The molecule has 1 aliphatic carbocycles. The van der Waals surface area contributed by atoms with Gasteiger partial charge in [0.15, 0.2) is 11.9 Å². The summed E-state index contributed by atoms with van der Waals surface area (Å²) in [5, 5.41) is 2.60. The Labute approximate surface area is 174 Å². The minimum absolute atomic E-state index is 0.0880. The van der Waals surface area contributed by atoms with E-state index in [0.29, 0.717) is 24.1 Å². The number of Topliss-reactive ketones (excluding diaryl/α,β-unsaturated/α-hetero) is 1. The quantitative estimate of drug-likeness (QED) is 0.435. The van der Waals surface area contributed by atoms with Gasteiger partial charge in [0.05, 0.1) is 11.8 Å². The molecule has 2 fully saturated rings. The molecule has 8 nitrogen and oxygen atoms in total. The zero-order valence-corrected chi connectivity index (χ0v) is 17.3. The lowest BCUT2D eigenvalue weighted by molar-refractivity contribution is -0.163. The molecule has 30 heavy (non-hydrogen) atoms. The monoisotopic (exact) mass is 414 g/mol. The number of hydrogen-bond donors (Lipinski definition) is 1. The Balaban J connectivity index is 1.59. The lowest BCUT2D eigenvalue weighted by Gasteiger charge is -2.23. The normalized spacial score (nSPS) is 22.8. The number of amides is 3. The molecule has 1 heterocycles. The van der Waals surface area contributed by atoms with Gasteiger partial charge >= 0.3 is 5.97 Å². The van der Waals surface area contributed by atoms with Gasteiger partial charge in [-0.15, -0.1) is 0 Å². The molecule has 0 bridgehead atoms. The van der Waals surface area contributed by atoms with E-state index in [1.807, 2.05) is 0 Å². The van der Waals surface area contributed by atoms with Crippen LogP contribution in [0.5, 0.6) is 0 Å². The average Bonchev–Trinajstić information content (AvgIpc) is 2.98. The number of carbonyl (C=O) groups is 5. The molecule has 3 unspecified atom stereocenters. The molecule has 1 aromatic rings. The van der Waals surface area contributed by atoms with Crippen molar-refractivity contribution in [2.75, 3.05) is 5.32 Å². The lowest BCUT2D eigenvalue weighted by atomic mass is 9.81. The fourth-order valence-corrected chi connectivity index (χ4v) is 4.03. The molecule has 1 saturated heterocycles. The third kappa shape index (κ3) is 4.27. The molecule has 0 radical (unpaired) electrons. The predicted molar refractivity (Wildman–Crippen MR) is 107 cm³/mol. The highest BCUT2D eigenvalue weighted by molar-refractivity contribution is 6.08. The summed E-state index contributed by atoms with van der Waals surface area (Å²) in [6.45, 7) is 4.30. The second kappa shape index (κ2) is 8.77. The third-order valence-electron chi connectivity index (χ3n) is 5.82. The van der Waals surface area contributed by atoms with Crippen molar-refractivity contribution < 1.29 is 28.7 Å². The lowest BCUT2D eigenvalue weighted by Crippen LogP contribution is -2.46. The highest BCUT2D eigenvalue weighted by Crippen LogP contribution is 2.38. The molecule has 8 heteroatoms. The zero-order valence-electron chi connectivity index (χ0n) is 17.3. The Hall–Kier alpha value is -3.03. The van der Waals surface area contributed by atoms with E-state index in [2.05, 4.69) is 5.32 Å². The van der Waals surface area contributed by atoms with Gasteiger partial charge in [0.2, 0.25) is 11.8 Å². The van der Waals surface area contributed by atoms with Crippen LogP contribution >= 0.6 is 0 Å². The van der Waals surface area contributed by atoms with Crippen molar-refractivity contribution in [1.29, 1.82) is 0 Å². The molecular weight excluding hydrogens is 388 g/mol. The Kier molecular flexibility index (Phi) is 6.34. The number of anilines is 1.